The van der Waals surface area contributed by atoms with E-state index in [1.165, 1.54) is 14.0 Å². The Balaban J connectivity index is 1.27. The Bertz CT molecular complexity index is 1170. The molecule has 24 unspecified atom stereocenters. The number of fused-ring (bicyclic) bond motifs is 1. The lowest BCUT2D eigenvalue weighted by Crippen LogP contribution is -2.65. The summed E-state index contributed by atoms with van der Waals surface area (Å²) >= 11 is 0. The van der Waals surface area contributed by atoms with Crippen molar-refractivity contribution < 1.29 is 99.2 Å². The molecule has 0 spiro atoms. The second-order valence-corrected chi connectivity index (χ2v) is 15.4. The first-order valence-corrected chi connectivity index (χ1v) is 18.3. The van der Waals surface area contributed by atoms with Gasteiger partial charge in [0.1, 0.15) is 73.2 Å². The van der Waals surface area contributed by atoms with E-state index in [0.29, 0.717) is 0 Å². The van der Waals surface area contributed by atoms with Crippen molar-refractivity contribution in [2.75, 3.05) is 20.3 Å². The molecule has 6 aliphatic rings. The maximum absolute atomic E-state index is 11.5. The van der Waals surface area contributed by atoms with Crippen molar-refractivity contribution >= 4 is 0 Å². The van der Waals surface area contributed by atoms with Crippen LogP contribution in [0.25, 0.3) is 0 Å². The molecule has 0 radical (unpaired) electrons. The highest BCUT2D eigenvalue weighted by Gasteiger charge is 2.57. The first kappa shape index (κ1) is 41.8. The minimum absolute atomic E-state index is 0.103. The normalized spacial score (nSPS) is 55.4. The molecule has 20 nitrogen and oxygen atoms in total. The van der Waals surface area contributed by atoms with Gasteiger partial charge in [-0.05, 0) is 26.2 Å². The molecule has 308 valence electrons. The summed E-state index contributed by atoms with van der Waals surface area (Å²) in [5, 5.41) is 127. The van der Waals surface area contributed by atoms with Crippen LogP contribution < -0.4 is 0 Å². The molecule has 0 aromatic heterocycles. The quantitative estimate of drug-likeness (QED) is 0.0969. The Morgan fingerprint density at radius 2 is 1.32 bits per heavy atom. The van der Waals surface area contributed by atoms with E-state index in [0.717, 1.165) is 0 Å². The molecule has 0 aromatic carbocycles. The molecule has 4 aliphatic heterocycles. The number of hydrogen-bond acceptors (Lipinski definition) is 19. The van der Waals surface area contributed by atoms with Crippen LogP contribution in [0.3, 0.4) is 0 Å². The predicted molar refractivity (Wildman–Crippen MR) is 171 cm³/mol. The second-order valence-electron chi connectivity index (χ2n) is 15.4. The molecule has 6 fully saturated rings. The van der Waals surface area contributed by atoms with Gasteiger partial charge in [0.05, 0.1) is 49.7 Å². The molecule has 20 heteroatoms. The van der Waals surface area contributed by atoms with Gasteiger partial charge in [-0.15, -0.1) is 0 Å². The molecule has 13 N–H and O–H groups in total. The van der Waals surface area contributed by atoms with Gasteiger partial charge in [0.25, 0.3) is 0 Å². The van der Waals surface area contributed by atoms with Gasteiger partial charge >= 0.3 is 0 Å². The minimum atomic E-state index is -1.84. The highest BCUT2D eigenvalue weighted by molar-refractivity contribution is 5.00. The van der Waals surface area contributed by atoms with Crippen molar-refractivity contribution in [2.45, 2.75) is 174 Å². The summed E-state index contributed by atoms with van der Waals surface area (Å²) in [5.74, 6) is -0.907. The van der Waals surface area contributed by atoms with Gasteiger partial charge in [-0.3, -0.25) is 0 Å². The van der Waals surface area contributed by atoms with Crippen molar-refractivity contribution in [3.63, 3.8) is 0 Å². The molecule has 0 amide bonds. The van der Waals surface area contributed by atoms with E-state index in [4.69, 9.17) is 37.9 Å². The lowest BCUT2D eigenvalue weighted by molar-refractivity contribution is -0.385. The van der Waals surface area contributed by atoms with Crippen LogP contribution >= 0.6 is 0 Å². The molecule has 2 aliphatic carbocycles. The molecule has 0 bridgehead atoms. The smallest absolute Gasteiger partial charge is 0.187 e. The average Bonchev–Trinajstić information content (AvgIpc) is 3.12. The summed E-state index contributed by atoms with van der Waals surface area (Å²) < 4.78 is 45.7. The Morgan fingerprint density at radius 1 is 0.604 bits per heavy atom. The van der Waals surface area contributed by atoms with Gasteiger partial charge in [-0.1, -0.05) is 0 Å². The first-order valence-electron chi connectivity index (χ1n) is 18.3. The number of aliphatic hydroxyl groups is 14. The minimum Gasteiger partial charge on any atom is -0.427 e. The van der Waals surface area contributed by atoms with Crippen molar-refractivity contribution in [2.24, 2.45) is 11.8 Å². The SMILES string of the molecule is COC1CC(C2[OH+]C3CC(O)CC(O)C3CC2OC2OC(COC3OC(C)C(O)C(O)C3O)C(O)C(O)C2OC2OCC(O)C(O)C2O)CC(O)C1O. The van der Waals surface area contributed by atoms with Crippen molar-refractivity contribution in [3.05, 3.63) is 0 Å². The first-order chi connectivity index (χ1) is 25.1. The van der Waals surface area contributed by atoms with Gasteiger partial charge in [-0.25, -0.2) is 0 Å². The largest absolute Gasteiger partial charge is 0.427 e. The number of ether oxygens (including phenoxy) is 8. The Labute approximate surface area is 305 Å². The summed E-state index contributed by atoms with van der Waals surface area (Å²) in [7, 11) is 1.41. The average molecular weight is 774 g/mol. The Hall–Kier alpha value is -0.800. The van der Waals surface area contributed by atoms with Gasteiger partial charge in [0.15, 0.2) is 31.1 Å². The molecular formula is C33H57O20+. The standard InChI is InChI=1S/C33H56O20/c1-10-21(38)25(42)28(45)31(49-10)48-9-20-24(41)26(43)30(53-32-27(44)23(40)16(37)8-47-32)33(52-20)51-19-7-13-14(35)5-12(34)6-17(13)50-29(19)11-3-15(36)22(39)18(4-11)46-2/h10-45H,3-9H2,1-2H3/p+1. The van der Waals surface area contributed by atoms with Crippen LogP contribution in [0.5, 0.6) is 0 Å². The van der Waals surface area contributed by atoms with Crippen LogP contribution in [-0.4, -0.2) is 221 Å². The molecule has 4 saturated heterocycles. The molecule has 53 heavy (non-hydrogen) atoms. The highest BCUT2D eigenvalue weighted by atomic mass is 16.8. The van der Waals surface area contributed by atoms with Crippen molar-refractivity contribution in [1.82, 2.24) is 0 Å². The van der Waals surface area contributed by atoms with Crippen LogP contribution in [0, 0.1) is 11.8 Å². The van der Waals surface area contributed by atoms with E-state index in [9.17, 15) is 61.3 Å². The van der Waals surface area contributed by atoms with E-state index in [1.54, 1.807) is 0 Å². The summed E-state index contributed by atoms with van der Waals surface area (Å²) in [5.41, 5.74) is 0. The number of methoxy groups -OCH3 is 1. The summed E-state index contributed by atoms with van der Waals surface area (Å²) in [4.78, 5) is 0. The molecule has 6 rings (SSSR count). The third kappa shape index (κ3) is 8.72. The third-order valence-electron chi connectivity index (χ3n) is 11.8. The zero-order valence-electron chi connectivity index (χ0n) is 29.5. The van der Waals surface area contributed by atoms with E-state index < -0.39 is 160 Å². The van der Waals surface area contributed by atoms with Crippen LogP contribution in [0.15, 0.2) is 0 Å². The summed E-state index contributed by atoms with van der Waals surface area (Å²) in [6.07, 6.45) is -27.9. The molecule has 4 heterocycles. The molecule has 24 atom stereocenters. The van der Waals surface area contributed by atoms with E-state index in [-0.39, 0.29) is 32.1 Å². The molecule has 0 aromatic rings. The number of rotatable bonds is 9. The monoisotopic (exact) mass is 773 g/mol. The summed E-state index contributed by atoms with van der Waals surface area (Å²) in [6, 6.07) is 0. The molecule has 2 saturated carbocycles. The number of hydrogen-bond donors (Lipinski definition) is 12. The number of aliphatic hydroxyl groups excluding tert-OH is 12. The topological polar surface area (TPSA) is 320 Å². The lowest BCUT2D eigenvalue weighted by atomic mass is 9.72. The zero-order valence-corrected chi connectivity index (χ0v) is 29.5. The van der Waals surface area contributed by atoms with Gasteiger partial charge in [0, 0.05) is 25.9 Å². The lowest BCUT2D eigenvalue weighted by Gasteiger charge is -2.50. The van der Waals surface area contributed by atoms with Crippen LogP contribution in [0.1, 0.15) is 39.0 Å². The fraction of sp³-hybridized carbons (Fsp3) is 1.00. The van der Waals surface area contributed by atoms with Gasteiger partial charge < -0.3 is 99.2 Å². The Morgan fingerprint density at radius 3 is 2.04 bits per heavy atom. The van der Waals surface area contributed by atoms with Crippen molar-refractivity contribution in [1.29, 1.82) is 0 Å². The van der Waals surface area contributed by atoms with Crippen LogP contribution in [0.4, 0.5) is 0 Å². The Kier molecular flexibility index (Phi) is 13.7. The van der Waals surface area contributed by atoms with Gasteiger partial charge in [0.2, 0.25) is 0 Å². The van der Waals surface area contributed by atoms with Gasteiger partial charge in [-0.2, -0.15) is 0 Å². The van der Waals surface area contributed by atoms with E-state index in [2.05, 4.69) is 0 Å². The highest BCUT2D eigenvalue weighted by Crippen LogP contribution is 2.43. The maximum atomic E-state index is 11.5. The van der Waals surface area contributed by atoms with E-state index >= 15 is 0 Å². The van der Waals surface area contributed by atoms with Crippen LogP contribution in [-0.2, 0) is 33.2 Å². The zero-order chi connectivity index (χ0) is 38.5. The van der Waals surface area contributed by atoms with E-state index in [1.807, 2.05) is 0 Å². The van der Waals surface area contributed by atoms with Crippen LogP contribution in [0.2, 0.25) is 0 Å². The fourth-order valence-electron chi connectivity index (χ4n) is 8.64. The fourth-order valence-corrected chi connectivity index (χ4v) is 8.64. The summed E-state index contributed by atoms with van der Waals surface area (Å²) in [6.45, 7) is 0.473. The predicted octanol–water partition coefficient (Wildman–Crippen LogP) is -6.57. The molecular weight excluding hydrogens is 716 g/mol. The third-order valence-corrected chi connectivity index (χ3v) is 11.8. The second kappa shape index (κ2) is 17.4. The maximum Gasteiger partial charge on any atom is 0.187 e. The van der Waals surface area contributed by atoms with Crippen molar-refractivity contribution in [3.8, 4) is 0 Å².